The number of fused-ring (bicyclic) bond motifs is 14. The predicted octanol–water partition coefficient (Wildman–Crippen LogP) is 22.8. The van der Waals surface area contributed by atoms with Crippen LogP contribution in [-0.4, -0.2) is 15.8 Å². The molecule has 3 aromatic heterocycles. The molecule has 6 heteroatoms. The molecular weight excluding hydrogens is 1160 g/mol. The van der Waals surface area contributed by atoms with Gasteiger partial charge in [0.05, 0.1) is 33.4 Å². The fourth-order valence-electron chi connectivity index (χ4n) is 15.9. The second kappa shape index (κ2) is 21.2. The van der Waals surface area contributed by atoms with E-state index in [1.54, 1.807) is 0 Å². The Hall–Kier alpha value is -11.1. The minimum Gasteiger partial charge on any atom is -0.454 e. The first kappa shape index (κ1) is 57.6. The Morgan fingerprint density at radius 3 is 1.50 bits per heavy atom. The van der Waals surface area contributed by atoms with E-state index in [1.165, 1.54) is 82.3 Å². The van der Waals surface area contributed by atoms with Crippen molar-refractivity contribution in [1.82, 2.24) is 9.13 Å². The van der Waals surface area contributed by atoms with E-state index in [0.29, 0.717) is 0 Å². The Bertz CT molecular complexity index is 5760. The van der Waals surface area contributed by atoms with E-state index in [-0.39, 0.29) is 23.0 Å². The molecular formula is C90H73BN4O. The molecule has 2 aliphatic rings. The number of furan rings is 1. The molecule has 16 aromatic rings. The van der Waals surface area contributed by atoms with Gasteiger partial charge in [-0.15, -0.1) is 0 Å². The van der Waals surface area contributed by atoms with Crippen LogP contribution in [0.15, 0.2) is 283 Å². The lowest BCUT2D eigenvalue weighted by Gasteiger charge is -2.46. The number of nitrogens with zero attached hydrogens (tertiary/aromatic N) is 4. The van der Waals surface area contributed by atoms with Gasteiger partial charge in [0.25, 0.3) is 6.71 Å². The first-order chi connectivity index (χ1) is 46.5. The summed E-state index contributed by atoms with van der Waals surface area (Å²) in [7, 11) is 0. The summed E-state index contributed by atoms with van der Waals surface area (Å²) in [6.45, 7) is 20.9. The average Bonchev–Trinajstić information content (AvgIpc) is 1.12. The summed E-state index contributed by atoms with van der Waals surface area (Å²) in [4.78, 5) is 5.27. The Labute approximate surface area is 561 Å². The minimum atomic E-state index is -0.292. The molecule has 0 N–H and O–H groups in total. The number of aromatic nitrogens is 2. The molecule has 0 bridgehead atoms. The van der Waals surface area contributed by atoms with Crippen molar-refractivity contribution >= 4 is 123 Å². The second-order valence-electron chi connectivity index (χ2n) is 29.7. The van der Waals surface area contributed by atoms with Gasteiger partial charge in [-0.25, -0.2) is 0 Å². The van der Waals surface area contributed by atoms with Crippen LogP contribution in [0.25, 0.3) is 110 Å². The molecule has 13 aromatic carbocycles. The van der Waals surface area contributed by atoms with Crippen molar-refractivity contribution in [2.75, 3.05) is 9.80 Å². The van der Waals surface area contributed by atoms with Gasteiger partial charge in [-0.2, -0.15) is 0 Å². The number of hydrogen-bond acceptors (Lipinski definition) is 3. The van der Waals surface area contributed by atoms with Gasteiger partial charge >= 0.3 is 0 Å². The molecule has 0 amide bonds. The molecule has 0 saturated heterocycles. The highest BCUT2D eigenvalue weighted by molar-refractivity contribution is 7.00. The first-order valence-corrected chi connectivity index (χ1v) is 33.9. The third kappa shape index (κ3) is 8.84. The van der Waals surface area contributed by atoms with Crippen LogP contribution in [0.5, 0.6) is 0 Å². The maximum absolute atomic E-state index is 7.19. The largest absolute Gasteiger partial charge is 0.454 e. The third-order valence-electron chi connectivity index (χ3n) is 20.7. The summed E-state index contributed by atoms with van der Waals surface area (Å²) in [5, 5.41) is 7.06. The maximum atomic E-state index is 7.19. The van der Waals surface area contributed by atoms with E-state index in [0.717, 1.165) is 95.2 Å². The summed E-state index contributed by atoms with van der Waals surface area (Å²) in [6.07, 6.45) is 0. The Kier molecular flexibility index (Phi) is 12.7. The zero-order valence-corrected chi connectivity index (χ0v) is 55.8. The standard InChI is InChI=1S/C90H73BN4O/c1-88(2,3)60-49-59(50-61(52-60)89(4,5)6)58-43-46-72-78(51-58)94(77-41-26-38-70-68-34-21-24-42-82(68)96-87(70)77)80-53-62(90(7,8)9)54-81-84(80)91(72)73-47-44-64(55-79(73)95(81)85-65(56-27-13-10-14-28-56)36-25-37-66(85)57-29-15-11-16-30-57)93-74-39-22-19-33-67(74)69-45-48-76-83(86(69)93)71-35-20-23-40-75(71)92(76)63-31-17-12-18-32-63/h10-55H,1-9H3. The fourth-order valence-corrected chi connectivity index (χ4v) is 15.9. The Morgan fingerprint density at radius 1 is 0.312 bits per heavy atom. The van der Waals surface area contributed by atoms with Gasteiger partial charge in [0.1, 0.15) is 5.58 Å². The van der Waals surface area contributed by atoms with Gasteiger partial charge < -0.3 is 23.4 Å². The molecule has 462 valence electrons. The zero-order chi connectivity index (χ0) is 65.1. The van der Waals surface area contributed by atoms with Gasteiger partial charge in [-0.3, -0.25) is 0 Å². The van der Waals surface area contributed by atoms with Crippen LogP contribution in [-0.2, 0) is 16.2 Å². The quantitative estimate of drug-likeness (QED) is 0.149. The molecule has 0 unspecified atom stereocenters. The van der Waals surface area contributed by atoms with Crippen molar-refractivity contribution in [1.29, 1.82) is 0 Å². The summed E-state index contributed by atoms with van der Waals surface area (Å²) in [6, 6.07) is 105. The van der Waals surface area contributed by atoms with Crippen LogP contribution >= 0.6 is 0 Å². The second-order valence-corrected chi connectivity index (χ2v) is 29.7. The highest BCUT2D eigenvalue weighted by Gasteiger charge is 2.46. The summed E-state index contributed by atoms with van der Waals surface area (Å²) < 4.78 is 12.2. The molecule has 0 saturated carbocycles. The average molecular weight is 1240 g/mol. The smallest absolute Gasteiger partial charge is 0.252 e. The topological polar surface area (TPSA) is 29.5 Å². The van der Waals surface area contributed by atoms with Crippen molar-refractivity contribution in [3.8, 4) is 44.8 Å². The normalized spacial score (nSPS) is 13.2. The van der Waals surface area contributed by atoms with E-state index in [2.05, 4.69) is 360 Å². The lowest BCUT2D eigenvalue weighted by atomic mass is 9.33. The van der Waals surface area contributed by atoms with Crippen molar-refractivity contribution < 1.29 is 4.42 Å². The Morgan fingerprint density at radius 2 is 0.844 bits per heavy atom. The van der Waals surface area contributed by atoms with E-state index < -0.39 is 0 Å². The molecule has 5 nitrogen and oxygen atoms in total. The molecule has 0 atom stereocenters. The summed E-state index contributed by atoms with van der Waals surface area (Å²) in [5.74, 6) is 0. The molecule has 2 aliphatic heterocycles. The Balaban J connectivity index is 0.994. The number of hydrogen-bond donors (Lipinski definition) is 0. The zero-order valence-electron chi connectivity index (χ0n) is 55.8. The molecule has 0 fully saturated rings. The number of para-hydroxylation sites is 6. The van der Waals surface area contributed by atoms with Crippen LogP contribution < -0.4 is 26.2 Å². The number of anilines is 6. The van der Waals surface area contributed by atoms with Crippen LogP contribution in [0.2, 0.25) is 0 Å². The summed E-state index contributed by atoms with van der Waals surface area (Å²) >= 11 is 0. The molecule has 0 spiro atoms. The molecule has 0 radical (unpaired) electrons. The fraction of sp³-hybridized carbons (Fsp3) is 0.133. The van der Waals surface area contributed by atoms with Crippen LogP contribution in [0.3, 0.4) is 0 Å². The molecule has 96 heavy (non-hydrogen) atoms. The van der Waals surface area contributed by atoms with E-state index in [9.17, 15) is 0 Å². The van der Waals surface area contributed by atoms with Crippen molar-refractivity contribution in [2.24, 2.45) is 0 Å². The predicted molar refractivity (Wildman–Crippen MR) is 409 cm³/mol. The lowest BCUT2D eigenvalue weighted by molar-refractivity contribution is 0.569. The monoisotopic (exact) mass is 1240 g/mol. The molecule has 18 rings (SSSR count). The van der Waals surface area contributed by atoms with Gasteiger partial charge in [0, 0.05) is 77.6 Å². The molecule has 5 heterocycles. The van der Waals surface area contributed by atoms with Crippen LogP contribution in [0.1, 0.15) is 79.0 Å². The van der Waals surface area contributed by atoms with Gasteiger partial charge in [0.15, 0.2) is 5.58 Å². The highest BCUT2D eigenvalue weighted by atomic mass is 16.3. The van der Waals surface area contributed by atoms with Gasteiger partial charge in [-0.05, 0) is 144 Å². The minimum absolute atomic E-state index is 0.0752. The molecule has 0 aliphatic carbocycles. The SMILES string of the molecule is CC(C)(C)c1cc(-c2ccc3c(c2)N(c2cccc4c2oc2ccccc24)c2cc(C(C)(C)C)cc4c2B3c2ccc(-n3c5ccccc5c5ccc6c(c7ccccc7n6-c6ccccc6)c53)cc2N4c2c(-c3ccccc3)cccc2-c2ccccc2)cc(C(C)(C)C)c1. The lowest BCUT2D eigenvalue weighted by Crippen LogP contribution is -2.61. The van der Waals surface area contributed by atoms with Gasteiger partial charge in [0.2, 0.25) is 0 Å². The van der Waals surface area contributed by atoms with Crippen molar-refractivity contribution in [3.63, 3.8) is 0 Å². The highest BCUT2D eigenvalue weighted by Crippen LogP contribution is 2.54. The van der Waals surface area contributed by atoms with Crippen molar-refractivity contribution in [3.05, 3.63) is 296 Å². The number of rotatable bonds is 7. The van der Waals surface area contributed by atoms with Crippen molar-refractivity contribution in [2.45, 2.75) is 78.6 Å². The van der Waals surface area contributed by atoms with Crippen LogP contribution in [0, 0.1) is 0 Å². The van der Waals surface area contributed by atoms with Gasteiger partial charge in [-0.1, -0.05) is 269 Å². The van der Waals surface area contributed by atoms with E-state index >= 15 is 0 Å². The number of benzene rings is 13. The van der Waals surface area contributed by atoms with Crippen LogP contribution in [0.4, 0.5) is 34.1 Å². The van der Waals surface area contributed by atoms with E-state index in [1.807, 2.05) is 0 Å². The third-order valence-corrected chi connectivity index (χ3v) is 20.7. The van der Waals surface area contributed by atoms with E-state index in [4.69, 9.17) is 4.42 Å². The first-order valence-electron chi connectivity index (χ1n) is 33.9. The summed E-state index contributed by atoms with van der Waals surface area (Å²) in [5.41, 5.74) is 29.4. The maximum Gasteiger partial charge on any atom is 0.252 e.